The molecule has 0 aromatic heterocycles. The van der Waals surface area contributed by atoms with E-state index in [0.717, 1.165) is 5.56 Å². The van der Waals surface area contributed by atoms with Crippen molar-refractivity contribution in [3.8, 4) is 17.2 Å². The van der Waals surface area contributed by atoms with Gasteiger partial charge in [0.25, 0.3) is 5.91 Å². The molecule has 0 bridgehead atoms. The van der Waals surface area contributed by atoms with E-state index in [0.29, 0.717) is 28.0 Å². The van der Waals surface area contributed by atoms with Crippen molar-refractivity contribution >= 4 is 40.5 Å². The van der Waals surface area contributed by atoms with Crippen LogP contribution in [0, 0.1) is 6.92 Å². The minimum atomic E-state index is -0.730. The fourth-order valence-corrected chi connectivity index (χ4v) is 2.59. The third kappa shape index (κ3) is 4.93. The quantitative estimate of drug-likeness (QED) is 0.530. The number of thiocarbonyl (C=S) groups is 1. The van der Waals surface area contributed by atoms with Crippen molar-refractivity contribution < 1.29 is 19.0 Å². The predicted octanol–water partition coefficient (Wildman–Crippen LogP) is 3.16. The molecule has 1 aliphatic heterocycles. The summed E-state index contributed by atoms with van der Waals surface area (Å²) in [6.45, 7) is 3.69. The van der Waals surface area contributed by atoms with Crippen LogP contribution in [-0.4, -0.2) is 23.9 Å². The number of carbonyl (C=O) groups is 1. The molecule has 9 heteroatoms. The molecule has 27 heavy (non-hydrogen) atoms. The minimum absolute atomic E-state index is 0.197. The Hall–Kier alpha value is -2.71. The highest BCUT2D eigenvalue weighted by Crippen LogP contribution is 2.34. The lowest BCUT2D eigenvalue weighted by Gasteiger charge is -2.17. The van der Waals surface area contributed by atoms with Crippen molar-refractivity contribution in [2.75, 3.05) is 12.1 Å². The number of amides is 1. The topological polar surface area (TPSA) is 80.9 Å². The molecule has 1 atom stereocenters. The summed E-state index contributed by atoms with van der Waals surface area (Å²) in [5, 5.41) is 3.80. The SMILES string of the molecule is Cc1cc(O[C@@H](C)C(=O)NNC(=S)Nc2ccc3c(c2)OCO3)ccc1Cl. The zero-order valence-corrected chi connectivity index (χ0v) is 16.2. The standard InChI is InChI=1S/C18H18ClN3O4S/c1-10-7-13(4-5-14(10)19)26-11(2)17(23)21-22-18(27)20-12-3-6-15-16(8-12)25-9-24-15/h3-8,11H,9H2,1-2H3,(H,21,23)(H2,20,22,27)/t11-/m0/s1. The first-order chi connectivity index (χ1) is 12.9. The maximum Gasteiger partial charge on any atom is 0.279 e. The Morgan fingerprint density at radius 3 is 2.74 bits per heavy atom. The predicted molar refractivity (Wildman–Crippen MR) is 106 cm³/mol. The third-order valence-corrected chi connectivity index (χ3v) is 4.37. The number of carbonyl (C=O) groups excluding carboxylic acids is 1. The molecule has 3 rings (SSSR count). The van der Waals surface area contributed by atoms with Gasteiger partial charge in [0.15, 0.2) is 22.7 Å². The monoisotopic (exact) mass is 407 g/mol. The molecule has 2 aromatic rings. The Kier molecular flexibility index (Phi) is 5.88. The van der Waals surface area contributed by atoms with Gasteiger partial charge in [0, 0.05) is 16.8 Å². The minimum Gasteiger partial charge on any atom is -0.481 e. The van der Waals surface area contributed by atoms with Gasteiger partial charge in [0.2, 0.25) is 6.79 Å². The summed E-state index contributed by atoms with van der Waals surface area (Å²) in [5.74, 6) is 1.49. The van der Waals surface area contributed by atoms with Crippen LogP contribution in [0.4, 0.5) is 5.69 Å². The second kappa shape index (κ2) is 8.32. The average molecular weight is 408 g/mol. The van der Waals surface area contributed by atoms with Gasteiger partial charge in [-0.05, 0) is 62.0 Å². The Morgan fingerprint density at radius 2 is 1.96 bits per heavy atom. The number of rotatable bonds is 4. The van der Waals surface area contributed by atoms with Crippen LogP contribution in [0.2, 0.25) is 5.02 Å². The summed E-state index contributed by atoms with van der Waals surface area (Å²) in [7, 11) is 0. The van der Waals surface area contributed by atoms with Crippen molar-refractivity contribution in [3.05, 3.63) is 47.0 Å². The summed E-state index contributed by atoms with van der Waals surface area (Å²) in [6.07, 6.45) is -0.730. The Morgan fingerprint density at radius 1 is 1.19 bits per heavy atom. The van der Waals surface area contributed by atoms with Crippen LogP contribution in [-0.2, 0) is 4.79 Å². The van der Waals surface area contributed by atoms with E-state index < -0.39 is 6.10 Å². The highest BCUT2D eigenvalue weighted by Gasteiger charge is 2.16. The molecule has 3 N–H and O–H groups in total. The molecular formula is C18H18ClN3O4S. The van der Waals surface area contributed by atoms with E-state index in [9.17, 15) is 4.79 Å². The second-order valence-electron chi connectivity index (χ2n) is 5.81. The van der Waals surface area contributed by atoms with Gasteiger partial charge in [-0.25, -0.2) is 0 Å². The Balaban J connectivity index is 1.47. The largest absolute Gasteiger partial charge is 0.481 e. The summed E-state index contributed by atoms with van der Waals surface area (Å²) in [6, 6.07) is 10.5. The molecule has 0 aliphatic carbocycles. The maximum atomic E-state index is 12.2. The molecular weight excluding hydrogens is 390 g/mol. The van der Waals surface area contributed by atoms with Crippen LogP contribution in [0.5, 0.6) is 17.2 Å². The highest BCUT2D eigenvalue weighted by atomic mass is 35.5. The first kappa shape index (κ1) is 19.1. The zero-order chi connectivity index (χ0) is 19.4. The lowest BCUT2D eigenvalue weighted by Crippen LogP contribution is -2.48. The van der Waals surface area contributed by atoms with Gasteiger partial charge in [-0.2, -0.15) is 0 Å². The normalized spacial score (nSPS) is 12.9. The van der Waals surface area contributed by atoms with Crippen LogP contribution in [0.15, 0.2) is 36.4 Å². The van der Waals surface area contributed by atoms with Gasteiger partial charge in [0.1, 0.15) is 5.75 Å². The van der Waals surface area contributed by atoms with E-state index >= 15 is 0 Å². The first-order valence-electron chi connectivity index (χ1n) is 8.11. The van der Waals surface area contributed by atoms with Crippen LogP contribution in [0.1, 0.15) is 12.5 Å². The molecule has 0 spiro atoms. The maximum absolute atomic E-state index is 12.2. The van der Waals surface area contributed by atoms with E-state index in [4.69, 9.17) is 38.0 Å². The zero-order valence-electron chi connectivity index (χ0n) is 14.7. The number of hydrogen-bond acceptors (Lipinski definition) is 5. The van der Waals surface area contributed by atoms with Gasteiger partial charge in [-0.15, -0.1) is 0 Å². The summed E-state index contributed by atoms with van der Waals surface area (Å²) < 4.78 is 16.2. The molecule has 142 valence electrons. The molecule has 1 aliphatic rings. The van der Waals surface area contributed by atoms with E-state index in [2.05, 4.69) is 16.2 Å². The number of fused-ring (bicyclic) bond motifs is 1. The molecule has 0 saturated heterocycles. The van der Waals surface area contributed by atoms with Crippen LogP contribution < -0.4 is 30.4 Å². The van der Waals surface area contributed by atoms with Crippen LogP contribution in [0.3, 0.4) is 0 Å². The fraction of sp³-hybridized carbons (Fsp3) is 0.222. The lowest BCUT2D eigenvalue weighted by molar-refractivity contribution is -0.127. The van der Waals surface area contributed by atoms with E-state index in [1.165, 1.54) is 0 Å². The third-order valence-electron chi connectivity index (χ3n) is 3.74. The van der Waals surface area contributed by atoms with Crippen LogP contribution >= 0.6 is 23.8 Å². The number of hydrogen-bond donors (Lipinski definition) is 3. The second-order valence-corrected chi connectivity index (χ2v) is 6.62. The average Bonchev–Trinajstić information content (AvgIpc) is 3.10. The number of ether oxygens (including phenoxy) is 3. The summed E-state index contributed by atoms with van der Waals surface area (Å²) in [5.41, 5.74) is 6.71. The van der Waals surface area contributed by atoms with Gasteiger partial charge in [-0.3, -0.25) is 15.6 Å². The smallest absolute Gasteiger partial charge is 0.279 e. The number of aryl methyl sites for hydroxylation is 1. The summed E-state index contributed by atoms with van der Waals surface area (Å²) in [4.78, 5) is 12.2. The molecule has 0 unspecified atom stereocenters. The van der Waals surface area contributed by atoms with Gasteiger partial charge in [0.05, 0.1) is 0 Å². The number of anilines is 1. The molecule has 1 amide bonds. The molecule has 0 radical (unpaired) electrons. The fourth-order valence-electron chi connectivity index (χ4n) is 2.30. The van der Waals surface area contributed by atoms with E-state index in [1.54, 1.807) is 43.3 Å². The molecule has 0 fully saturated rings. The van der Waals surface area contributed by atoms with Crippen molar-refractivity contribution in [2.24, 2.45) is 0 Å². The Labute approximate surface area is 166 Å². The van der Waals surface area contributed by atoms with Gasteiger partial charge in [-0.1, -0.05) is 11.6 Å². The molecule has 7 nitrogen and oxygen atoms in total. The molecule has 1 heterocycles. The van der Waals surface area contributed by atoms with Gasteiger partial charge >= 0.3 is 0 Å². The highest BCUT2D eigenvalue weighted by molar-refractivity contribution is 7.80. The van der Waals surface area contributed by atoms with Crippen molar-refractivity contribution in [3.63, 3.8) is 0 Å². The van der Waals surface area contributed by atoms with E-state index in [-0.39, 0.29) is 17.8 Å². The number of nitrogens with one attached hydrogen (secondary N) is 3. The summed E-state index contributed by atoms with van der Waals surface area (Å²) >= 11 is 11.1. The Bertz CT molecular complexity index is 878. The first-order valence-corrected chi connectivity index (χ1v) is 8.90. The number of hydrazine groups is 1. The van der Waals surface area contributed by atoms with E-state index in [1.807, 2.05) is 6.92 Å². The number of benzene rings is 2. The number of halogens is 1. The van der Waals surface area contributed by atoms with Gasteiger partial charge < -0.3 is 19.5 Å². The van der Waals surface area contributed by atoms with Crippen molar-refractivity contribution in [2.45, 2.75) is 20.0 Å². The lowest BCUT2D eigenvalue weighted by atomic mass is 10.2. The van der Waals surface area contributed by atoms with Crippen LogP contribution in [0.25, 0.3) is 0 Å². The molecule has 0 saturated carbocycles. The molecule has 2 aromatic carbocycles. The van der Waals surface area contributed by atoms with Crippen molar-refractivity contribution in [1.29, 1.82) is 0 Å². The van der Waals surface area contributed by atoms with Crippen molar-refractivity contribution in [1.82, 2.24) is 10.9 Å².